The number of carbonyl (C=O) groups excluding carboxylic acids is 1. The van der Waals surface area contributed by atoms with Gasteiger partial charge >= 0.3 is 0 Å². The second kappa shape index (κ2) is 4.12. The third-order valence-corrected chi connectivity index (χ3v) is 3.82. The lowest BCUT2D eigenvalue weighted by Crippen LogP contribution is -2.30. The first-order valence-electron chi connectivity index (χ1n) is 6.59. The smallest absolute Gasteiger partial charge is 0.172 e. The van der Waals surface area contributed by atoms with Crippen molar-refractivity contribution in [3.8, 4) is 11.5 Å². The van der Waals surface area contributed by atoms with Crippen molar-refractivity contribution in [3.63, 3.8) is 0 Å². The van der Waals surface area contributed by atoms with Crippen molar-refractivity contribution in [2.75, 3.05) is 7.11 Å². The summed E-state index contributed by atoms with van der Waals surface area (Å²) < 4.78 is 11.3. The Hall–Kier alpha value is -1.77. The molecule has 3 nitrogen and oxygen atoms in total. The highest BCUT2D eigenvalue weighted by atomic mass is 16.5. The fourth-order valence-corrected chi connectivity index (χ4v) is 2.89. The Morgan fingerprint density at radius 3 is 2.79 bits per heavy atom. The molecule has 2 aliphatic rings. The van der Waals surface area contributed by atoms with Gasteiger partial charge < -0.3 is 9.47 Å². The van der Waals surface area contributed by atoms with Crippen LogP contribution in [0.3, 0.4) is 0 Å². The minimum atomic E-state index is -0.0184. The number of hydrogen-bond donors (Lipinski definition) is 0. The predicted molar refractivity (Wildman–Crippen MR) is 72.4 cm³/mol. The van der Waals surface area contributed by atoms with E-state index in [-0.39, 0.29) is 11.2 Å². The molecule has 1 aromatic rings. The Kier molecular flexibility index (Phi) is 2.66. The molecular formula is C16H18O3. The highest BCUT2D eigenvalue weighted by Gasteiger charge is 2.37. The van der Waals surface area contributed by atoms with E-state index in [4.69, 9.17) is 9.47 Å². The van der Waals surface area contributed by atoms with E-state index in [1.807, 2.05) is 18.2 Å². The Labute approximate surface area is 113 Å². The molecule has 0 N–H and O–H groups in total. The van der Waals surface area contributed by atoms with Crippen LogP contribution in [0.1, 0.15) is 32.3 Å². The molecule has 0 spiro atoms. The van der Waals surface area contributed by atoms with E-state index in [0.717, 1.165) is 34.8 Å². The number of para-hydroxylation sites is 1. The molecular weight excluding hydrogens is 240 g/mol. The highest BCUT2D eigenvalue weighted by Crippen LogP contribution is 2.45. The Bertz CT molecular complexity index is 582. The zero-order valence-corrected chi connectivity index (χ0v) is 11.6. The Morgan fingerprint density at radius 2 is 2.05 bits per heavy atom. The molecule has 0 fully saturated rings. The van der Waals surface area contributed by atoms with Crippen LogP contribution in [0.25, 0.3) is 0 Å². The number of fused-ring (bicyclic) bond motifs is 1. The largest absolute Gasteiger partial charge is 0.493 e. The van der Waals surface area contributed by atoms with Gasteiger partial charge in [0.2, 0.25) is 0 Å². The molecule has 3 rings (SSSR count). The fraction of sp³-hybridized carbons (Fsp3) is 0.438. The second-order valence-electron chi connectivity index (χ2n) is 6.07. The van der Waals surface area contributed by atoms with Gasteiger partial charge in [-0.3, -0.25) is 4.79 Å². The molecule has 100 valence electrons. The maximum atomic E-state index is 12.2. The van der Waals surface area contributed by atoms with Gasteiger partial charge in [-0.15, -0.1) is 0 Å². The maximum absolute atomic E-state index is 12.2. The van der Waals surface area contributed by atoms with Crippen LogP contribution in [-0.2, 0) is 11.2 Å². The van der Waals surface area contributed by atoms with E-state index in [2.05, 4.69) is 13.8 Å². The maximum Gasteiger partial charge on any atom is 0.172 e. The molecule has 0 radical (unpaired) electrons. The average Bonchev–Trinajstić information content (AvgIpc) is 2.35. The molecule has 0 amide bonds. The summed E-state index contributed by atoms with van der Waals surface area (Å²) in [7, 11) is 1.64. The number of allylic oxidation sites excluding steroid dienone is 2. The van der Waals surface area contributed by atoms with E-state index in [0.29, 0.717) is 12.8 Å². The van der Waals surface area contributed by atoms with E-state index in [1.165, 1.54) is 0 Å². The van der Waals surface area contributed by atoms with Gasteiger partial charge in [0.05, 0.1) is 7.11 Å². The van der Waals surface area contributed by atoms with E-state index >= 15 is 0 Å². The van der Waals surface area contributed by atoms with Gasteiger partial charge in [0, 0.05) is 30.4 Å². The van der Waals surface area contributed by atoms with Crippen molar-refractivity contribution < 1.29 is 14.3 Å². The minimum Gasteiger partial charge on any atom is -0.493 e. The number of ketones is 1. The van der Waals surface area contributed by atoms with Crippen molar-refractivity contribution in [1.82, 2.24) is 0 Å². The summed E-state index contributed by atoms with van der Waals surface area (Å²) in [5.74, 6) is 2.56. The van der Waals surface area contributed by atoms with Gasteiger partial charge in [0.15, 0.2) is 17.3 Å². The molecule has 1 aromatic carbocycles. The first-order chi connectivity index (χ1) is 9.00. The van der Waals surface area contributed by atoms with Crippen molar-refractivity contribution in [1.29, 1.82) is 0 Å². The van der Waals surface area contributed by atoms with Crippen LogP contribution in [0.2, 0.25) is 0 Å². The zero-order valence-electron chi connectivity index (χ0n) is 11.6. The molecule has 1 heterocycles. The van der Waals surface area contributed by atoms with Crippen LogP contribution in [0.5, 0.6) is 11.5 Å². The topological polar surface area (TPSA) is 35.5 Å². The summed E-state index contributed by atoms with van der Waals surface area (Å²) in [6.07, 6.45) is 2.08. The van der Waals surface area contributed by atoms with Gasteiger partial charge in [0.25, 0.3) is 0 Å². The summed E-state index contributed by atoms with van der Waals surface area (Å²) in [6, 6.07) is 5.82. The highest BCUT2D eigenvalue weighted by molar-refractivity contribution is 5.98. The summed E-state index contributed by atoms with van der Waals surface area (Å²) >= 11 is 0. The first kappa shape index (κ1) is 12.3. The Morgan fingerprint density at radius 1 is 1.26 bits per heavy atom. The monoisotopic (exact) mass is 258 g/mol. The second-order valence-corrected chi connectivity index (χ2v) is 6.07. The van der Waals surface area contributed by atoms with Crippen molar-refractivity contribution >= 4 is 5.78 Å². The minimum absolute atomic E-state index is 0.0184. The van der Waals surface area contributed by atoms with E-state index < -0.39 is 0 Å². The van der Waals surface area contributed by atoms with Gasteiger partial charge in [-0.25, -0.2) is 0 Å². The van der Waals surface area contributed by atoms with Crippen molar-refractivity contribution in [3.05, 3.63) is 35.1 Å². The molecule has 0 saturated heterocycles. The molecule has 0 bridgehead atoms. The summed E-state index contributed by atoms with van der Waals surface area (Å²) in [6.45, 7) is 4.21. The number of hydrogen-bond acceptors (Lipinski definition) is 3. The lowest BCUT2D eigenvalue weighted by Gasteiger charge is -2.34. The van der Waals surface area contributed by atoms with Crippen LogP contribution in [0, 0.1) is 5.41 Å². The average molecular weight is 258 g/mol. The van der Waals surface area contributed by atoms with Gasteiger partial charge in [-0.2, -0.15) is 0 Å². The molecule has 19 heavy (non-hydrogen) atoms. The van der Waals surface area contributed by atoms with Gasteiger partial charge in [-0.1, -0.05) is 26.0 Å². The number of Topliss-reactive ketones (excluding diaryl/α,β-unsaturated/α-hetero) is 1. The molecule has 0 aromatic heterocycles. The van der Waals surface area contributed by atoms with E-state index in [1.54, 1.807) is 7.11 Å². The third kappa shape index (κ3) is 2.03. The number of carbonyl (C=O) groups is 1. The van der Waals surface area contributed by atoms with Crippen LogP contribution in [-0.4, -0.2) is 12.9 Å². The standard InChI is InChI=1S/C16H18O3/c1-16(2)8-12(17)11-7-10-5-4-6-13(18-3)15(10)19-14(11)9-16/h4-6H,7-9H2,1-3H3. The normalized spacial score (nSPS) is 20.5. The SMILES string of the molecule is COc1cccc2c1OC1=C(C2)C(=O)CC(C)(C)C1. The Balaban J connectivity index is 2.04. The molecule has 0 unspecified atom stereocenters. The lowest BCUT2D eigenvalue weighted by atomic mass is 9.74. The molecule has 1 aliphatic carbocycles. The van der Waals surface area contributed by atoms with Gasteiger partial charge in [-0.05, 0) is 11.5 Å². The van der Waals surface area contributed by atoms with Crippen LogP contribution >= 0.6 is 0 Å². The summed E-state index contributed by atoms with van der Waals surface area (Å²) in [4.78, 5) is 12.2. The zero-order chi connectivity index (χ0) is 13.6. The fourth-order valence-electron chi connectivity index (χ4n) is 2.89. The van der Waals surface area contributed by atoms with Gasteiger partial charge in [0.1, 0.15) is 5.76 Å². The van der Waals surface area contributed by atoms with E-state index in [9.17, 15) is 4.79 Å². The lowest BCUT2D eigenvalue weighted by molar-refractivity contribution is -0.118. The molecule has 3 heteroatoms. The molecule has 0 saturated carbocycles. The quantitative estimate of drug-likeness (QED) is 0.775. The van der Waals surface area contributed by atoms with Crippen LogP contribution < -0.4 is 9.47 Å². The van der Waals surface area contributed by atoms with Crippen molar-refractivity contribution in [2.24, 2.45) is 5.41 Å². The molecule has 1 aliphatic heterocycles. The number of benzene rings is 1. The third-order valence-electron chi connectivity index (χ3n) is 3.82. The van der Waals surface area contributed by atoms with Crippen molar-refractivity contribution in [2.45, 2.75) is 33.1 Å². The van der Waals surface area contributed by atoms with Crippen LogP contribution in [0.4, 0.5) is 0 Å². The number of ether oxygens (including phenoxy) is 2. The first-order valence-corrected chi connectivity index (χ1v) is 6.59. The number of methoxy groups -OCH3 is 1. The predicted octanol–water partition coefficient (Wildman–Crippen LogP) is 3.27. The summed E-state index contributed by atoms with van der Waals surface area (Å²) in [5, 5.41) is 0. The number of rotatable bonds is 1. The van der Waals surface area contributed by atoms with Crippen LogP contribution in [0.15, 0.2) is 29.5 Å². The molecule has 0 atom stereocenters. The summed E-state index contributed by atoms with van der Waals surface area (Å²) in [5.41, 5.74) is 1.86.